The number of benzene rings is 1. The highest BCUT2D eigenvalue weighted by Crippen LogP contribution is 2.18. The van der Waals surface area contributed by atoms with E-state index in [1.54, 1.807) is 4.90 Å². The van der Waals surface area contributed by atoms with Gasteiger partial charge in [0.15, 0.2) is 0 Å². The molecule has 2 aromatic rings. The molecule has 7 nitrogen and oxygen atoms in total. The summed E-state index contributed by atoms with van der Waals surface area (Å²) in [5.74, 6) is 0.319. The molecule has 2 heterocycles. The van der Waals surface area contributed by atoms with Gasteiger partial charge < -0.3 is 19.5 Å². The van der Waals surface area contributed by atoms with Gasteiger partial charge in [-0.1, -0.05) is 12.1 Å². The lowest BCUT2D eigenvalue weighted by atomic mass is 9.98. The lowest BCUT2D eigenvalue weighted by Gasteiger charge is -2.31. The fraction of sp³-hybridized carbons (Fsp3) is 0.471. The molecular weight excluding hydrogens is 308 g/mol. The minimum absolute atomic E-state index is 0.171. The van der Waals surface area contributed by atoms with Gasteiger partial charge in [0.2, 0.25) is 0 Å². The highest BCUT2D eigenvalue weighted by atomic mass is 16.5. The van der Waals surface area contributed by atoms with Crippen LogP contribution in [0.5, 0.6) is 0 Å². The number of nitrogens with zero attached hydrogens (tertiary/aromatic N) is 3. The Morgan fingerprint density at radius 3 is 2.92 bits per heavy atom. The lowest BCUT2D eigenvalue weighted by Crippen LogP contribution is -2.47. The number of rotatable bonds is 3. The number of hydrogen-bond acceptors (Lipinski definition) is 4. The molecule has 1 fully saturated rings. The van der Waals surface area contributed by atoms with E-state index in [1.807, 2.05) is 35.9 Å². The number of likely N-dealkylation sites (tertiary alicyclic amines) is 1. The molecule has 1 atom stereocenters. The maximum Gasteiger partial charge on any atom is 0.317 e. The zero-order chi connectivity index (χ0) is 17.1. The summed E-state index contributed by atoms with van der Waals surface area (Å²) in [6.07, 6.45) is 1.57. The third-order valence-electron chi connectivity index (χ3n) is 4.52. The molecule has 0 saturated carbocycles. The van der Waals surface area contributed by atoms with E-state index in [0.29, 0.717) is 19.6 Å². The Bertz CT molecular complexity index is 755. The van der Waals surface area contributed by atoms with Gasteiger partial charge in [-0.3, -0.25) is 4.79 Å². The Balaban J connectivity index is 1.62. The molecule has 2 amide bonds. The maximum atomic E-state index is 12.4. The van der Waals surface area contributed by atoms with Crippen LogP contribution in [0.1, 0.15) is 18.7 Å². The van der Waals surface area contributed by atoms with Crippen LogP contribution in [0.25, 0.3) is 11.0 Å². The number of fused-ring (bicyclic) bond motifs is 1. The van der Waals surface area contributed by atoms with Crippen LogP contribution >= 0.6 is 0 Å². The molecule has 24 heavy (non-hydrogen) atoms. The number of nitrogens with one attached hydrogen (secondary N) is 1. The molecule has 1 aromatic carbocycles. The highest BCUT2D eigenvalue weighted by Gasteiger charge is 2.29. The second kappa shape index (κ2) is 6.90. The van der Waals surface area contributed by atoms with Gasteiger partial charge in [0, 0.05) is 20.1 Å². The summed E-state index contributed by atoms with van der Waals surface area (Å²) in [4.78, 5) is 30.3. The third-order valence-corrected chi connectivity index (χ3v) is 4.52. The van der Waals surface area contributed by atoms with Gasteiger partial charge >= 0.3 is 12.0 Å². The van der Waals surface area contributed by atoms with Crippen LogP contribution in [0.4, 0.5) is 4.79 Å². The largest absolute Gasteiger partial charge is 0.469 e. The monoisotopic (exact) mass is 330 g/mol. The maximum absolute atomic E-state index is 12.4. The first kappa shape index (κ1) is 16.3. The molecule has 0 radical (unpaired) electrons. The van der Waals surface area contributed by atoms with E-state index in [4.69, 9.17) is 4.74 Å². The summed E-state index contributed by atoms with van der Waals surface area (Å²) in [7, 11) is 3.32. The number of urea groups is 1. The van der Waals surface area contributed by atoms with E-state index in [0.717, 1.165) is 29.7 Å². The van der Waals surface area contributed by atoms with Crippen molar-refractivity contribution in [2.24, 2.45) is 13.0 Å². The molecular formula is C17H22N4O3. The second-order valence-electron chi connectivity index (χ2n) is 6.04. The van der Waals surface area contributed by atoms with E-state index < -0.39 is 0 Å². The van der Waals surface area contributed by atoms with Crippen LogP contribution < -0.4 is 5.32 Å². The molecule has 0 bridgehead atoms. The Labute approximate surface area is 140 Å². The number of para-hydroxylation sites is 2. The number of carbonyl (C=O) groups is 2. The molecule has 3 rings (SSSR count). The van der Waals surface area contributed by atoms with Crippen molar-refractivity contribution in [1.82, 2.24) is 19.8 Å². The van der Waals surface area contributed by atoms with Crippen LogP contribution in [0, 0.1) is 5.92 Å². The summed E-state index contributed by atoms with van der Waals surface area (Å²) >= 11 is 0. The van der Waals surface area contributed by atoms with Gasteiger partial charge in [0.1, 0.15) is 5.82 Å². The fourth-order valence-electron chi connectivity index (χ4n) is 3.14. The highest BCUT2D eigenvalue weighted by molar-refractivity contribution is 5.78. The number of ether oxygens (including phenoxy) is 1. The summed E-state index contributed by atoms with van der Waals surface area (Å²) in [6.45, 7) is 1.41. The van der Waals surface area contributed by atoms with Crippen molar-refractivity contribution in [2.75, 3.05) is 20.2 Å². The molecule has 1 aliphatic heterocycles. The zero-order valence-corrected chi connectivity index (χ0v) is 14.0. The molecule has 1 N–H and O–H groups in total. The van der Waals surface area contributed by atoms with Gasteiger partial charge in [-0.2, -0.15) is 0 Å². The van der Waals surface area contributed by atoms with Crippen molar-refractivity contribution < 1.29 is 14.3 Å². The lowest BCUT2D eigenvalue weighted by molar-refractivity contribution is -0.146. The van der Waals surface area contributed by atoms with Crippen LogP contribution in [0.3, 0.4) is 0 Å². The first-order chi connectivity index (χ1) is 11.6. The van der Waals surface area contributed by atoms with Gasteiger partial charge in [-0.25, -0.2) is 9.78 Å². The Morgan fingerprint density at radius 1 is 1.38 bits per heavy atom. The summed E-state index contributed by atoms with van der Waals surface area (Å²) < 4.78 is 6.76. The molecule has 1 unspecified atom stereocenters. The molecule has 1 saturated heterocycles. The van der Waals surface area contributed by atoms with Crippen LogP contribution in [-0.2, 0) is 23.1 Å². The van der Waals surface area contributed by atoms with Crippen LogP contribution in [0.15, 0.2) is 24.3 Å². The Hall–Kier alpha value is -2.57. The minimum atomic E-state index is -0.247. The number of methoxy groups -OCH3 is 1. The zero-order valence-electron chi connectivity index (χ0n) is 14.0. The quantitative estimate of drug-likeness (QED) is 0.869. The van der Waals surface area contributed by atoms with Crippen molar-refractivity contribution >= 4 is 23.0 Å². The minimum Gasteiger partial charge on any atom is -0.469 e. The molecule has 0 spiro atoms. The molecule has 128 valence electrons. The molecule has 7 heteroatoms. The van der Waals surface area contributed by atoms with Crippen LogP contribution in [0.2, 0.25) is 0 Å². The fourth-order valence-corrected chi connectivity index (χ4v) is 3.14. The predicted molar refractivity (Wildman–Crippen MR) is 89.3 cm³/mol. The SMILES string of the molecule is COC(=O)C1CCCN(C(=O)NCc2nc3ccccc3n2C)C1. The number of carbonyl (C=O) groups excluding carboxylic acids is 2. The van der Waals surface area contributed by atoms with Gasteiger partial charge in [0.25, 0.3) is 0 Å². The molecule has 1 aromatic heterocycles. The van der Waals surface area contributed by atoms with E-state index >= 15 is 0 Å². The first-order valence-corrected chi connectivity index (χ1v) is 8.11. The van der Waals surface area contributed by atoms with Gasteiger partial charge in [0.05, 0.1) is 30.6 Å². The summed E-state index contributed by atoms with van der Waals surface area (Å²) in [5.41, 5.74) is 1.94. The Morgan fingerprint density at radius 2 is 2.17 bits per heavy atom. The average molecular weight is 330 g/mol. The smallest absolute Gasteiger partial charge is 0.317 e. The number of imidazole rings is 1. The van der Waals surface area contributed by atoms with Crippen molar-refractivity contribution in [3.63, 3.8) is 0 Å². The average Bonchev–Trinajstić information content (AvgIpc) is 2.95. The van der Waals surface area contributed by atoms with E-state index in [2.05, 4.69) is 10.3 Å². The van der Waals surface area contributed by atoms with E-state index in [-0.39, 0.29) is 17.9 Å². The second-order valence-corrected chi connectivity index (χ2v) is 6.04. The predicted octanol–water partition coefficient (Wildman–Crippen LogP) is 1.67. The number of aromatic nitrogens is 2. The van der Waals surface area contributed by atoms with Crippen molar-refractivity contribution in [2.45, 2.75) is 19.4 Å². The number of piperidine rings is 1. The standard InChI is InChI=1S/C17H22N4O3/c1-20-14-8-4-3-7-13(14)19-15(20)10-18-17(23)21-9-5-6-12(11-21)16(22)24-2/h3-4,7-8,12H,5-6,9-11H2,1-2H3,(H,18,23). The van der Waals surface area contributed by atoms with Gasteiger partial charge in [-0.05, 0) is 25.0 Å². The van der Waals surface area contributed by atoms with E-state index in [1.165, 1.54) is 7.11 Å². The topological polar surface area (TPSA) is 76.5 Å². The first-order valence-electron chi connectivity index (χ1n) is 8.11. The third kappa shape index (κ3) is 3.20. The van der Waals surface area contributed by atoms with Crippen molar-refractivity contribution in [1.29, 1.82) is 0 Å². The number of amides is 2. The molecule has 0 aliphatic carbocycles. The number of esters is 1. The number of hydrogen-bond donors (Lipinski definition) is 1. The number of aryl methyl sites for hydroxylation is 1. The Kier molecular flexibility index (Phi) is 4.69. The normalized spacial score (nSPS) is 17.8. The van der Waals surface area contributed by atoms with E-state index in [9.17, 15) is 9.59 Å². The van der Waals surface area contributed by atoms with Crippen LogP contribution in [-0.4, -0.2) is 46.7 Å². The molecule has 1 aliphatic rings. The summed E-state index contributed by atoms with van der Waals surface area (Å²) in [6, 6.07) is 7.69. The van der Waals surface area contributed by atoms with Crippen molar-refractivity contribution in [3.05, 3.63) is 30.1 Å². The summed E-state index contributed by atoms with van der Waals surface area (Å²) in [5, 5.41) is 2.90. The van der Waals surface area contributed by atoms with Crippen molar-refractivity contribution in [3.8, 4) is 0 Å². The van der Waals surface area contributed by atoms with Gasteiger partial charge in [-0.15, -0.1) is 0 Å².